The Labute approximate surface area is 101 Å². The van der Waals surface area contributed by atoms with Crippen LogP contribution in [-0.4, -0.2) is 35.1 Å². The summed E-state index contributed by atoms with van der Waals surface area (Å²) in [6, 6.07) is 0.913. The molecule has 3 atom stereocenters. The third-order valence-electron chi connectivity index (χ3n) is 4.89. The Bertz CT molecular complexity index is 465. The highest BCUT2D eigenvalue weighted by Gasteiger charge is 2.61. The van der Waals surface area contributed by atoms with Crippen LogP contribution in [0.4, 0.5) is 0 Å². The quantitative estimate of drug-likeness (QED) is 0.595. The number of esters is 1. The fourth-order valence-electron chi connectivity index (χ4n) is 4.30. The van der Waals surface area contributed by atoms with E-state index < -0.39 is 0 Å². The van der Waals surface area contributed by atoms with Crippen molar-refractivity contribution in [1.29, 1.82) is 0 Å². The van der Waals surface area contributed by atoms with Crippen molar-refractivity contribution in [2.24, 2.45) is 0 Å². The Hall–Kier alpha value is -1.09. The second-order valence-corrected chi connectivity index (χ2v) is 5.74. The van der Waals surface area contributed by atoms with Gasteiger partial charge >= 0.3 is 5.97 Å². The maximum atomic E-state index is 11.7. The second-order valence-electron chi connectivity index (χ2n) is 5.74. The van der Waals surface area contributed by atoms with E-state index in [1.54, 1.807) is 6.08 Å². The Morgan fingerprint density at radius 1 is 1.47 bits per heavy atom. The topological polar surface area (TPSA) is 29.5 Å². The third-order valence-corrected chi connectivity index (χ3v) is 4.89. The fourth-order valence-corrected chi connectivity index (χ4v) is 4.30. The number of nitrogens with zero attached hydrogens (tertiary/aromatic N) is 1. The highest BCUT2D eigenvalue weighted by Crippen LogP contribution is 2.53. The third kappa shape index (κ3) is 1.08. The Kier molecular flexibility index (Phi) is 1.76. The van der Waals surface area contributed by atoms with Gasteiger partial charge in [0, 0.05) is 24.1 Å². The number of rotatable bonds is 0. The van der Waals surface area contributed by atoms with Gasteiger partial charge in [0.25, 0.3) is 0 Å². The average molecular weight is 231 g/mol. The number of ether oxygens (including phenoxy) is 1. The number of hydrogen-bond donors (Lipinski definition) is 0. The molecule has 0 saturated carbocycles. The van der Waals surface area contributed by atoms with Gasteiger partial charge in [0.05, 0.1) is 6.04 Å². The molecular weight excluding hydrogens is 214 g/mol. The zero-order chi connectivity index (χ0) is 11.6. The summed E-state index contributed by atoms with van der Waals surface area (Å²) < 4.78 is 5.77. The van der Waals surface area contributed by atoms with Crippen LogP contribution in [0.25, 0.3) is 0 Å². The van der Waals surface area contributed by atoms with E-state index in [1.165, 1.54) is 24.8 Å². The Balaban J connectivity index is 1.87. The van der Waals surface area contributed by atoms with Crippen molar-refractivity contribution in [3.8, 4) is 0 Å². The molecule has 4 aliphatic rings. The molecule has 4 rings (SSSR count). The minimum absolute atomic E-state index is 0.138. The normalized spacial score (nSPS) is 43.7. The van der Waals surface area contributed by atoms with Gasteiger partial charge in [-0.05, 0) is 31.9 Å². The van der Waals surface area contributed by atoms with Crippen molar-refractivity contribution in [3.05, 3.63) is 23.3 Å². The SMILES string of the molecule is CC1=C[C@@H]2C[C@@]3(OC(=O)C=C13)[C@H]1CCCCN21. The van der Waals surface area contributed by atoms with E-state index in [0.717, 1.165) is 18.5 Å². The molecule has 2 bridgehead atoms. The van der Waals surface area contributed by atoms with Gasteiger partial charge in [-0.1, -0.05) is 12.5 Å². The van der Waals surface area contributed by atoms with Crippen LogP contribution in [0.3, 0.4) is 0 Å². The fraction of sp³-hybridized carbons (Fsp3) is 0.643. The van der Waals surface area contributed by atoms with Crippen molar-refractivity contribution in [1.82, 2.24) is 4.90 Å². The molecule has 17 heavy (non-hydrogen) atoms. The molecule has 3 heterocycles. The van der Waals surface area contributed by atoms with Crippen LogP contribution in [0, 0.1) is 0 Å². The maximum absolute atomic E-state index is 11.7. The summed E-state index contributed by atoms with van der Waals surface area (Å²) in [5.41, 5.74) is 2.12. The van der Waals surface area contributed by atoms with E-state index in [9.17, 15) is 4.79 Å². The van der Waals surface area contributed by atoms with Crippen molar-refractivity contribution in [2.75, 3.05) is 6.54 Å². The summed E-state index contributed by atoms with van der Waals surface area (Å²) in [7, 11) is 0. The summed E-state index contributed by atoms with van der Waals surface area (Å²) in [4.78, 5) is 14.2. The molecule has 1 spiro atoms. The molecule has 3 nitrogen and oxygen atoms in total. The molecule has 0 aromatic carbocycles. The van der Waals surface area contributed by atoms with Crippen LogP contribution >= 0.6 is 0 Å². The summed E-state index contributed by atoms with van der Waals surface area (Å²) in [6.45, 7) is 3.28. The minimum Gasteiger partial charge on any atom is -0.449 e. The molecule has 1 aliphatic carbocycles. The number of fused-ring (bicyclic) bond motifs is 3. The first kappa shape index (κ1) is 9.89. The predicted octanol–water partition coefficient (Wildman–Crippen LogP) is 1.80. The summed E-state index contributed by atoms with van der Waals surface area (Å²) in [5, 5.41) is 0. The first-order valence-electron chi connectivity index (χ1n) is 6.60. The van der Waals surface area contributed by atoms with Gasteiger partial charge in [0.15, 0.2) is 5.60 Å². The smallest absolute Gasteiger partial charge is 0.332 e. The molecule has 0 aromatic rings. The standard InChI is InChI=1S/C14H17NO2/c1-9-6-10-8-14(11(9)7-13(16)17-14)12-4-2-3-5-15(10)12/h6-7,10,12H,2-5,8H2,1H3/t10-,12-,14+/m1/s1. The predicted molar refractivity (Wildman–Crippen MR) is 63.4 cm³/mol. The molecule has 3 aliphatic heterocycles. The Morgan fingerprint density at radius 2 is 2.35 bits per heavy atom. The highest BCUT2D eigenvalue weighted by molar-refractivity contribution is 5.89. The molecule has 90 valence electrons. The lowest BCUT2D eigenvalue weighted by Crippen LogP contribution is -2.48. The molecule has 3 heteroatoms. The van der Waals surface area contributed by atoms with Crippen LogP contribution in [-0.2, 0) is 9.53 Å². The first-order valence-corrected chi connectivity index (χ1v) is 6.60. The largest absolute Gasteiger partial charge is 0.449 e. The summed E-state index contributed by atoms with van der Waals surface area (Å²) in [5.74, 6) is -0.138. The van der Waals surface area contributed by atoms with E-state index in [4.69, 9.17) is 4.74 Å². The van der Waals surface area contributed by atoms with Gasteiger partial charge in [-0.15, -0.1) is 0 Å². The average Bonchev–Trinajstić information content (AvgIpc) is 2.79. The summed E-state index contributed by atoms with van der Waals surface area (Å²) in [6.07, 6.45) is 8.74. The molecule has 0 amide bonds. The van der Waals surface area contributed by atoms with Gasteiger partial charge in [-0.2, -0.15) is 0 Å². The second kappa shape index (κ2) is 3.02. The minimum atomic E-state index is -0.291. The molecule has 2 fully saturated rings. The monoisotopic (exact) mass is 231 g/mol. The Morgan fingerprint density at radius 3 is 3.24 bits per heavy atom. The van der Waals surface area contributed by atoms with Crippen molar-refractivity contribution >= 4 is 5.97 Å². The van der Waals surface area contributed by atoms with Gasteiger partial charge in [0.1, 0.15) is 0 Å². The summed E-state index contributed by atoms with van der Waals surface area (Å²) >= 11 is 0. The molecule has 0 unspecified atom stereocenters. The van der Waals surface area contributed by atoms with Gasteiger partial charge in [-0.3, -0.25) is 4.90 Å². The molecular formula is C14H17NO2. The first-order chi connectivity index (χ1) is 8.21. The van der Waals surface area contributed by atoms with Crippen LogP contribution in [0.2, 0.25) is 0 Å². The van der Waals surface area contributed by atoms with Crippen molar-refractivity contribution in [3.63, 3.8) is 0 Å². The maximum Gasteiger partial charge on any atom is 0.332 e. The van der Waals surface area contributed by atoms with Crippen LogP contribution in [0.15, 0.2) is 23.3 Å². The van der Waals surface area contributed by atoms with Crippen LogP contribution in [0.1, 0.15) is 32.6 Å². The van der Waals surface area contributed by atoms with E-state index in [0.29, 0.717) is 12.1 Å². The van der Waals surface area contributed by atoms with Crippen molar-refractivity contribution < 1.29 is 9.53 Å². The van der Waals surface area contributed by atoms with Crippen molar-refractivity contribution in [2.45, 2.75) is 50.3 Å². The van der Waals surface area contributed by atoms with E-state index in [1.807, 2.05) is 0 Å². The lowest BCUT2D eigenvalue weighted by atomic mass is 9.77. The van der Waals surface area contributed by atoms with E-state index in [2.05, 4.69) is 17.9 Å². The number of piperidine rings is 1. The zero-order valence-electron chi connectivity index (χ0n) is 10.1. The number of carbonyl (C=O) groups is 1. The highest BCUT2D eigenvalue weighted by atomic mass is 16.6. The van der Waals surface area contributed by atoms with E-state index in [-0.39, 0.29) is 11.6 Å². The number of carbonyl (C=O) groups excluding carboxylic acids is 1. The molecule has 2 saturated heterocycles. The number of hydrogen-bond acceptors (Lipinski definition) is 3. The van der Waals surface area contributed by atoms with Gasteiger partial charge in [0.2, 0.25) is 0 Å². The lowest BCUT2D eigenvalue weighted by Gasteiger charge is -2.38. The van der Waals surface area contributed by atoms with Crippen LogP contribution in [0.5, 0.6) is 0 Å². The lowest BCUT2D eigenvalue weighted by molar-refractivity contribution is -0.148. The molecule has 0 radical (unpaired) electrons. The van der Waals surface area contributed by atoms with Gasteiger partial charge < -0.3 is 4.74 Å². The zero-order valence-corrected chi connectivity index (χ0v) is 10.1. The molecule has 0 N–H and O–H groups in total. The van der Waals surface area contributed by atoms with Crippen LogP contribution < -0.4 is 0 Å². The van der Waals surface area contributed by atoms with E-state index >= 15 is 0 Å². The van der Waals surface area contributed by atoms with Gasteiger partial charge in [-0.25, -0.2) is 4.79 Å². The molecule has 0 aromatic heterocycles.